The quantitative estimate of drug-likeness (QED) is 0.656. The number of rotatable bonds is 3. The van der Waals surface area contributed by atoms with E-state index in [9.17, 15) is 5.11 Å². The molecule has 0 saturated heterocycles. The first-order chi connectivity index (χ1) is 12.1. The summed E-state index contributed by atoms with van der Waals surface area (Å²) in [6, 6.07) is 16.1. The molecule has 0 spiro atoms. The van der Waals surface area contributed by atoms with E-state index in [1.807, 2.05) is 36.4 Å². The molecular weight excluding hydrogens is 460 g/mol. The molecule has 2 aliphatic rings. The summed E-state index contributed by atoms with van der Waals surface area (Å²) >= 11 is 3.50. The summed E-state index contributed by atoms with van der Waals surface area (Å²) in [7, 11) is 1.66. The number of hydrogen-bond donors (Lipinski definition) is 1. The summed E-state index contributed by atoms with van der Waals surface area (Å²) in [4.78, 5) is 2.26. The van der Waals surface area contributed by atoms with Crippen LogP contribution in [0.5, 0.6) is 5.75 Å². The lowest BCUT2D eigenvalue weighted by atomic mass is 10.0. The maximum atomic E-state index is 11.6. The van der Waals surface area contributed by atoms with Gasteiger partial charge in [-0.15, -0.1) is 0 Å². The fourth-order valence-corrected chi connectivity index (χ4v) is 4.12. The van der Waals surface area contributed by atoms with Crippen LogP contribution in [0.1, 0.15) is 24.8 Å². The van der Waals surface area contributed by atoms with Crippen molar-refractivity contribution in [2.24, 2.45) is 0 Å². The van der Waals surface area contributed by atoms with E-state index in [4.69, 9.17) is 4.74 Å². The second-order valence-electron chi connectivity index (χ2n) is 6.63. The normalized spacial score (nSPS) is 22.0. The van der Waals surface area contributed by atoms with E-state index >= 15 is 0 Å². The van der Waals surface area contributed by atoms with Gasteiger partial charge in [-0.3, -0.25) is 0 Å². The molecular formula is C20H22Br2N2O2. The van der Waals surface area contributed by atoms with Crippen molar-refractivity contribution in [1.82, 2.24) is 0 Å². The van der Waals surface area contributed by atoms with E-state index in [2.05, 4.69) is 37.5 Å². The van der Waals surface area contributed by atoms with Crippen LogP contribution in [-0.2, 0) is 5.72 Å². The van der Waals surface area contributed by atoms with Crippen LogP contribution >= 0.6 is 15.9 Å². The van der Waals surface area contributed by atoms with Gasteiger partial charge < -0.3 is 26.8 Å². The maximum absolute atomic E-state index is 11.6. The summed E-state index contributed by atoms with van der Waals surface area (Å²) < 4.78 is 8.50. The minimum atomic E-state index is -1.00. The predicted octanol–water partition coefficient (Wildman–Crippen LogP) is 0.722. The van der Waals surface area contributed by atoms with Crippen molar-refractivity contribution in [2.45, 2.75) is 25.0 Å². The van der Waals surface area contributed by atoms with Crippen molar-refractivity contribution < 1.29 is 31.4 Å². The summed E-state index contributed by atoms with van der Waals surface area (Å²) in [6.07, 6.45) is 3.27. The van der Waals surface area contributed by atoms with Crippen molar-refractivity contribution in [2.75, 3.05) is 25.1 Å². The molecule has 1 atom stereocenters. The summed E-state index contributed by atoms with van der Waals surface area (Å²) in [5, 5.41) is 11.6. The van der Waals surface area contributed by atoms with E-state index in [0.29, 0.717) is 6.54 Å². The highest BCUT2D eigenvalue weighted by molar-refractivity contribution is 9.10. The molecule has 138 valence electrons. The van der Waals surface area contributed by atoms with Crippen LogP contribution in [0.25, 0.3) is 0 Å². The minimum Gasteiger partial charge on any atom is -1.00 e. The largest absolute Gasteiger partial charge is 1.00 e. The second-order valence-corrected chi connectivity index (χ2v) is 7.55. The highest BCUT2D eigenvalue weighted by Gasteiger charge is 2.52. The smallest absolute Gasteiger partial charge is 0.271 e. The molecule has 4 nitrogen and oxygen atoms in total. The summed E-state index contributed by atoms with van der Waals surface area (Å²) in [6.45, 7) is 1.42. The Morgan fingerprint density at radius 2 is 1.77 bits per heavy atom. The first-order valence-corrected chi connectivity index (χ1v) is 9.44. The molecule has 0 bridgehead atoms. The second kappa shape index (κ2) is 7.71. The molecule has 2 aromatic carbocycles. The number of anilines is 1. The molecule has 2 aliphatic heterocycles. The molecule has 0 saturated carbocycles. The van der Waals surface area contributed by atoms with Crippen LogP contribution in [-0.4, -0.2) is 35.7 Å². The van der Waals surface area contributed by atoms with Gasteiger partial charge in [0.25, 0.3) is 11.6 Å². The zero-order valence-electron chi connectivity index (χ0n) is 14.7. The minimum absolute atomic E-state index is 0. The lowest BCUT2D eigenvalue weighted by Gasteiger charge is -2.24. The topological polar surface area (TPSA) is 35.7 Å². The predicted molar refractivity (Wildman–Crippen MR) is 102 cm³/mol. The SMILES string of the molecule is COc1ccc(C2(O)CN(c3ccc(Br)cc3)C3=[N+]2CCCC3)cc1.[Br-]. The maximum Gasteiger partial charge on any atom is 0.271 e. The molecule has 0 radical (unpaired) electrons. The average molecular weight is 482 g/mol. The van der Waals surface area contributed by atoms with Crippen LogP contribution in [0.15, 0.2) is 53.0 Å². The van der Waals surface area contributed by atoms with Crippen molar-refractivity contribution in [3.63, 3.8) is 0 Å². The number of halogens is 2. The Morgan fingerprint density at radius 3 is 2.42 bits per heavy atom. The van der Waals surface area contributed by atoms with E-state index in [1.165, 1.54) is 5.84 Å². The Kier molecular flexibility index (Phi) is 5.75. The zero-order chi connectivity index (χ0) is 17.4. The first-order valence-electron chi connectivity index (χ1n) is 8.65. The van der Waals surface area contributed by atoms with Crippen LogP contribution in [0.3, 0.4) is 0 Å². The number of hydrogen-bond acceptors (Lipinski definition) is 3. The number of methoxy groups -OCH3 is 1. The van der Waals surface area contributed by atoms with Gasteiger partial charge in [-0.2, -0.15) is 0 Å². The van der Waals surface area contributed by atoms with Crippen LogP contribution in [0.4, 0.5) is 5.69 Å². The highest BCUT2D eigenvalue weighted by atomic mass is 79.9. The lowest BCUT2D eigenvalue weighted by Crippen LogP contribution is -3.00. The van der Waals surface area contributed by atoms with Gasteiger partial charge in [0.05, 0.1) is 13.7 Å². The Labute approximate surface area is 173 Å². The molecule has 2 aromatic rings. The van der Waals surface area contributed by atoms with Gasteiger partial charge >= 0.3 is 0 Å². The molecule has 0 aliphatic carbocycles. The Morgan fingerprint density at radius 1 is 1.08 bits per heavy atom. The van der Waals surface area contributed by atoms with Crippen molar-refractivity contribution in [3.05, 3.63) is 58.6 Å². The number of aliphatic hydroxyl groups is 1. The highest BCUT2D eigenvalue weighted by Crippen LogP contribution is 2.36. The molecule has 0 fully saturated rings. The third-order valence-electron chi connectivity index (χ3n) is 5.17. The van der Waals surface area contributed by atoms with E-state index < -0.39 is 5.72 Å². The standard InChI is InChI=1S/C20H22BrN2O2.BrH/c1-25-18-11-5-15(6-12-18)20(24)14-22(17-9-7-16(21)8-10-17)19-4-2-3-13-23(19)20;/h5-12,24H,2-4,13-14H2,1H3;1H/q+1;/p-1. The lowest BCUT2D eigenvalue weighted by molar-refractivity contribution is -0.661. The van der Waals surface area contributed by atoms with Gasteiger partial charge in [0.15, 0.2) is 6.54 Å². The van der Waals surface area contributed by atoms with E-state index in [-0.39, 0.29) is 17.0 Å². The van der Waals surface area contributed by atoms with Gasteiger partial charge in [0.2, 0.25) is 0 Å². The van der Waals surface area contributed by atoms with Crippen molar-refractivity contribution in [1.29, 1.82) is 0 Å². The number of nitrogens with zero attached hydrogens (tertiary/aromatic N) is 2. The van der Waals surface area contributed by atoms with Crippen molar-refractivity contribution >= 4 is 27.5 Å². The summed E-state index contributed by atoms with van der Waals surface area (Å²) in [5.74, 6) is 2.02. The Bertz CT molecular complexity index is 806. The van der Waals surface area contributed by atoms with Gasteiger partial charge in [0.1, 0.15) is 11.4 Å². The average Bonchev–Trinajstić information content (AvgIpc) is 2.97. The van der Waals surface area contributed by atoms with Crippen LogP contribution in [0.2, 0.25) is 0 Å². The molecule has 0 aromatic heterocycles. The third-order valence-corrected chi connectivity index (χ3v) is 5.70. The fraction of sp³-hybridized carbons (Fsp3) is 0.350. The van der Waals surface area contributed by atoms with Gasteiger partial charge in [0, 0.05) is 16.5 Å². The number of amidine groups is 1. The molecule has 0 amide bonds. The third kappa shape index (κ3) is 3.30. The van der Waals surface area contributed by atoms with Gasteiger partial charge in [-0.05, 0) is 61.4 Å². The number of benzene rings is 2. The summed E-state index contributed by atoms with van der Waals surface area (Å²) in [5.41, 5.74) is 1.02. The first kappa shape index (κ1) is 19.4. The van der Waals surface area contributed by atoms with Crippen molar-refractivity contribution in [3.8, 4) is 5.75 Å². The molecule has 2 heterocycles. The Balaban J connectivity index is 0.00000196. The van der Waals surface area contributed by atoms with Crippen LogP contribution < -0.4 is 26.6 Å². The van der Waals surface area contributed by atoms with Crippen LogP contribution in [0, 0.1) is 0 Å². The monoisotopic (exact) mass is 480 g/mol. The zero-order valence-corrected chi connectivity index (χ0v) is 17.8. The van der Waals surface area contributed by atoms with E-state index in [0.717, 1.165) is 47.3 Å². The molecule has 26 heavy (non-hydrogen) atoms. The fourth-order valence-electron chi connectivity index (χ4n) is 3.86. The number of β-amino-alcohol motifs (C(OH)–C–C–N with tert-alkyl or cyclic N) is 1. The van der Waals surface area contributed by atoms with Gasteiger partial charge in [-0.25, -0.2) is 9.48 Å². The van der Waals surface area contributed by atoms with Gasteiger partial charge in [-0.1, -0.05) is 15.9 Å². The number of ether oxygens (including phenoxy) is 1. The van der Waals surface area contributed by atoms with E-state index in [1.54, 1.807) is 7.11 Å². The molecule has 4 rings (SSSR count). The Hall–Kier alpha value is -1.37. The molecule has 1 unspecified atom stereocenters. The molecule has 1 N–H and O–H groups in total. The molecule has 6 heteroatoms.